The Morgan fingerprint density at radius 1 is 1.24 bits per heavy atom. The SMILES string of the molecule is COc1cc(-c2cc(N)n(C)n2)cc(C)c1C. The third-order valence-electron chi connectivity index (χ3n) is 3.05. The fourth-order valence-corrected chi connectivity index (χ4v) is 1.81. The highest BCUT2D eigenvalue weighted by Gasteiger charge is 2.09. The van der Waals surface area contributed by atoms with E-state index in [1.54, 1.807) is 11.8 Å². The summed E-state index contributed by atoms with van der Waals surface area (Å²) in [5, 5.41) is 4.36. The summed E-state index contributed by atoms with van der Waals surface area (Å²) in [6.07, 6.45) is 0. The summed E-state index contributed by atoms with van der Waals surface area (Å²) in [5.41, 5.74) is 10.0. The van der Waals surface area contributed by atoms with Gasteiger partial charge in [0.05, 0.1) is 12.8 Å². The number of aryl methyl sites for hydroxylation is 2. The Balaban J connectivity index is 2.56. The molecule has 1 aromatic heterocycles. The molecule has 0 aliphatic heterocycles. The van der Waals surface area contributed by atoms with E-state index < -0.39 is 0 Å². The maximum atomic E-state index is 5.79. The second-order valence-electron chi connectivity index (χ2n) is 4.20. The zero-order chi connectivity index (χ0) is 12.6. The Labute approximate surface area is 101 Å². The van der Waals surface area contributed by atoms with Crippen molar-refractivity contribution >= 4 is 5.82 Å². The first-order chi connectivity index (χ1) is 8.02. The number of rotatable bonds is 2. The van der Waals surface area contributed by atoms with Crippen LogP contribution in [0.4, 0.5) is 5.82 Å². The van der Waals surface area contributed by atoms with Gasteiger partial charge in [0.1, 0.15) is 11.6 Å². The molecule has 4 nitrogen and oxygen atoms in total. The number of ether oxygens (including phenoxy) is 1. The number of anilines is 1. The minimum atomic E-state index is 0.650. The molecule has 0 aliphatic rings. The van der Waals surface area contributed by atoms with Gasteiger partial charge in [-0.05, 0) is 37.1 Å². The van der Waals surface area contributed by atoms with Crippen LogP contribution in [0.5, 0.6) is 5.75 Å². The molecule has 0 fully saturated rings. The summed E-state index contributed by atoms with van der Waals surface area (Å²) in [7, 11) is 3.51. The van der Waals surface area contributed by atoms with Gasteiger partial charge in [0.2, 0.25) is 0 Å². The van der Waals surface area contributed by atoms with Crippen molar-refractivity contribution < 1.29 is 4.74 Å². The van der Waals surface area contributed by atoms with Crippen molar-refractivity contribution in [3.63, 3.8) is 0 Å². The third-order valence-corrected chi connectivity index (χ3v) is 3.05. The first kappa shape index (κ1) is 11.5. The van der Waals surface area contributed by atoms with Gasteiger partial charge in [0, 0.05) is 18.7 Å². The van der Waals surface area contributed by atoms with E-state index in [4.69, 9.17) is 10.5 Å². The summed E-state index contributed by atoms with van der Waals surface area (Å²) in [6.45, 7) is 4.11. The van der Waals surface area contributed by atoms with E-state index in [9.17, 15) is 0 Å². The molecule has 0 amide bonds. The van der Waals surface area contributed by atoms with Crippen molar-refractivity contribution in [2.45, 2.75) is 13.8 Å². The van der Waals surface area contributed by atoms with E-state index in [1.807, 2.05) is 26.1 Å². The van der Waals surface area contributed by atoms with Gasteiger partial charge in [-0.25, -0.2) is 0 Å². The number of hydrogen-bond acceptors (Lipinski definition) is 3. The Morgan fingerprint density at radius 2 is 1.94 bits per heavy atom. The molecule has 2 rings (SSSR count). The molecule has 0 spiro atoms. The number of aromatic nitrogens is 2. The molecular formula is C13H17N3O. The molecule has 0 bridgehead atoms. The van der Waals surface area contributed by atoms with Crippen LogP contribution in [0.3, 0.4) is 0 Å². The molecule has 0 unspecified atom stereocenters. The van der Waals surface area contributed by atoms with Gasteiger partial charge >= 0.3 is 0 Å². The number of nitrogens with zero attached hydrogens (tertiary/aromatic N) is 2. The lowest BCUT2D eigenvalue weighted by Gasteiger charge is -2.09. The van der Waals surface area contributed by atoms with E-state index in [0.29, 0.717) is 5.82 Å². The summed E-state index contributed by atoms with van der Waals surface area (Å²) >= 11 is 0. The van der Waals surface area contributed by atoms with Crippen LogP contribution in [0.2, 0.25) is 0 Å². The Hall–Kier alpha value is -1.97. The highest BCUT2D eigenvalue weighted by molar-refractivity contribution is 5.66. The minimum absolute atomic E-state index is 0.650. The quantitative estimate of drug-likeness (QED) is 0.862. The lowest BCUT2D eigenvalue weighted by Crippen LogP contribution is -1.96. The van der Waals surface area contributed by atoms with Crippen LogP contribution in [0.25, 0.3) is 11.3 Å². The molecular weight excluding hydrogens is 214 g/mol. The molecule has 2 aromatic rings. The van der Waals surface area contributed by atoms with Gasteiger partial charge in [-0.1, -0.05) is 0 Å². The zero-order valence-corrected chi connectivity index (χ0v) is 10.6. The maximum Gasteiger partial charge on any atom is 0.122 e. The Kier molecular flexibility index (Phi) is 2.79. The van der Waals surface area contributed by atoms with Gasteiger partial charge in [-0.15, -0.1) is 0 Å². The van der Waals surface area contributed by atoms with Gasteiger partial charge < -0.3 is 10.5 Å². The second kappa shape index (κ2) is 4.13. The van der Waals surface area contributed by atoms with Crippen LogP contribution in [0, 0.1) is 13.8 Å². The van der Waals surface area contributed by atoms with Gasteiger partial charge in [0.15, 0.2) is 0 Å². The van der Waals surface area contributed by atoms with Gasteiger partial charge in [-0.3, -0.25) is 4.68 Å². The van der Waals surface area contributed by atoms with E-state index in [1.165, 1.54) is 5.56 Å². The fraction of sp³-hybridized carbons (Fsp3) is 0.308. The summed E-state index contributed by atoms with van der Waals surface area (Å²) < 4.78 is 7.02. The number of benzene rings is 1. The third kappa shape index (κ3) is 1.98. The average Bonchev–Trinajstić information content (AvgIpc) is 2.63. The molecule has 0 atom stereocenters. The van der Waals surface area contributed by atoms with Crippen molar-refractivity contribution in [2.75, 3.05) is 12.8 Å². The molecule has 17 heavy (non-hydrogen) atoms. The topological polar surface area (TPSA) is 53.1 Å². The largest absolute Gasteiger partial charge is 0.496 e. The number of methoxy groups -OCH3 is 1. The van der Waals surface area contributed by atoms with E-state index in [2.05, 4.69) is 18.1 Å². The van der Waals surface area contributed by atoms with Crippen molar-refractivity contribution in [3.8, 4) is 17.0 Å². The Morgan fingerprint density at radius 3 is 2.47 bits per heavy atom. The molecule has 4 heteroatoms. The van der Waals surface area contributed by atoms with E-state index in [-0.39, 0.29) is 0 Å². The second-order valence-corrected chi connectivity index (χ2v) is 4.20. The van der Waals surface area contributed by atoms with Crippen LogP contribution in [0.1, 0.15) is 11.1 Å². The summed E-state index contributed by atoms with van der Waals surface area (Å²) in [6, 6.07) is 5.95. The first-order valence-corrected chi connectivity index (χ1v) is 5.48. The van der Waals surface area contributed by atoms with Crippen molar-refractivity contribution in [1.29, 1.82) is 0 Å². The Bertz CT molecular complexity index is 539. The highest BCUT2D eigenvalue weighted by Crippen LogP contribution is 2.29. The van der Waals surface area contributed by atoms with Crippen LogP contribution in [-0.2, 0) is 7.05 Å². The highest BCUT2D eigenvalue weighted by atomic mass is 16.5. The van der Waals surface area contributed by atoms with E-state index >= 15 is 0 Å². The molecule has 2 N–H and O–H groups in total. The van der Waals surface area contributed by atoms with Crippen LogP contribution >= 0.6 is 0 Å². The van der Waals surface area contributed by atoms with Crippen molar-refractivity contribution in [3.05, 3.63) is 29.3 Å². The van der Waals surface area contributed by atoms with Gasteiger partial charge in [-0.2, -0.15) is 5.10 Å². The molecule has 0 radical (unpaired) electrons. The lowest BCUT2D eigenvalue weighted by atomic mass is 10.0. The van der Waals surface area contributed by atoms with Crippen molar-refractivity contribution in [2.24, 2.45) is 7.05 Å². The summed E-state index contributed by atoms with van der Waals surface area (Å²) in [4.78, 5) is 0. The van der Waals surface area contributed by atoms with Gasteiger partial charge in [0.25, 0.3) is 0 Å². The minimum Gasteiger partial charge on any atom is -0.496 e. The smallest absolute Gasteiger partial charge is 0.122 e. The zero-order valence-electron chi connectivity index (χ0n) is 10.6. The lowest BCUT2D eigenvalue weighted by molar-refractivity contribution is 0.411. The maximum absolute atomic E-state index is 5.79. The first-order valence-electron chi connectivity index (χ1n) is 5.48. The van der Waals surface area contributed by atoms with Crippen LogP contribution in [0.15, 0.2) is 18.2 Å². The molecule has 1 aromatic carbocycles. The normalized spacial score (nSPS) is 10.6. The van der Waals surface area contributed by atoms with E-state index in [0.717, 1.165) is 22.6 Å². The molecule has 90 valence electrons. The molecule has 0 saturated heterocycles. The predicted molar refractivity (Wildman–Crippen MR) is 69.1 cm³/mol. The standard InChI is InChI=1S/C13H17N3O/c1-8-5-10(6-12(17-4)9(8)2)11-7-13(14)16(3)15-11/h5-7H,14H2,1-4H3. The average molecular weight is 231 g/mol. The monoisotopic (exact) mass is 231 g/mol. The van der Waals surface area contributed by atoms with Crippen molar-refractivity contribution in [1.82, 2.24) is 9.78 Å². The number of nitrogen functional groups attached to an aromatic ring is 1. The van der Waals surface area contributed by atoms with Crippen LogP contribution < -0.4 is 10.5 Å². The number of nitrogens with two attached hydrogens (primary N) is 1. The molecule has 1 heterocycles. The fourth-order valence-electron chi connectivity index (χ4n) is 1.81. The molecule has 0 aliphatic carbocycles. The van der Waals surface area contributed by atoms with Crippen LogP contribution in [-0.4, -0.2) is 16.9 Å². The number of hydrogen-bond donors (Lipinski definition) is 1. The predicted octanol–water partition coefficient (Wildman–Crippen LogP) is 2.29. The molecule has 0 saturated carbocycles. The summed E-state index contributed by atoms with van der Waals surface area (Å²) in [5.74, 6) is 1.53.